The minimum absolute atomic E-state index is 0.0311. The number of carbonyl (C=O) groups is 2. The van der Waals surface area contributed by atoms with Crippen LogP contribution in [0, 0.1) is 0 Å². The molecule has 0 aliphatic carbocycles. The smallest absolute Gasteiger partial charge is 0.306 e. The van der Waals surface area contributed by atoms with Crippen LogP contribution in [0.4, 0.5) is 0 Å². The number of esters is 2. The lowest BCUT2D eigenvalue weighted by atomic mass is 10.0. The molecule has 0 bridgehead atoms. The molecule has 0 aromatic heterocycles. The lowest BCUT2D eigenvalue weighted by molar-refractivity contribution is -0.870. The molecule has 0 aliphatic heterocycles. The Hall–Kier alpha value is -2.55. The summed E-state index contributed by atoms with van der Waals surface area (Å²) in [6.45, 7) is 4.15. The van der Waals surface area contributed by atoms with Crippen LogP contribution in [0.3, 0.4) is 0 Å². The van der Waals surface area contributed by atoms with E-state index in [1.165, 1.54) is 199 Å². The number of hydrogen-bond acceptors (Lipinski definition) is 8. The Bertz CT molecular complexity index is 1600. The molecule has 0 spiro atoms. The summed E-state index contributed by atoms with van der Waals surface area (Å²) < 4.78 is 34.2. The van der Waals surface area contributed by atoms with Gasteiger partial charge < -0.3 is 27.9 Å². The van der Waals surface area contributed by atoms with Crippen LogP contribution in [-0.2, 0) is 32.7 Å². The van der Waals surface area contributed by atoms with Gasteiger partial charge in [-0.25, -0.2) is 0 Å². The first kappa shape index (κ1) is 78.5. The molecule has 0 amide bonds. The second-order valence-electron chi connectivity index (χ2n) is 24.2. The van der Waals surface area contributed by atoms with E-state index >= 15 is 0 Å². The average Bonchev–Trinajstić information content (AvgIpc) is 3.43. The maximum absolute atomic E-state index is 12.8. The van der Waals surface area contributed by atoms with E-state index in [9.17, 15) is 19.0 Å². The SMILES string of the molecule is CC/C=C\C/C=C\C/C=C\C/C=C\C/C=C\CCCCCCCCCCCCCCCCCCCCCCCCCCCC(=O)OC(COC(=O)CCCCCCC/C=C\CCCCCCCCC)COP(=O)([O-])OCC[N+](C)(C)C. The summed E-state index contributed by atoms with van der Waals surface area (Å²) in [7, 11) is 1.17. The molecular weight excluding hydrogens is 1030 g/mol. The molecule has 472 valence electrons. The van der Waals surface area contributed by atoms with E-state index in [0.717, 1.165) is 83.5 Å². The number of nitrogens with zero attached hydrogens (tertiary/aromatic N) is 1. The number of quaternary nitrogens is 1. The molecule has 0 heterocycles. The van der Waals surface area contributed by atoms with Crippen molar-refractivity contribution in [3.63, 3.8) is 0 Å². The van der Waals surface area contributed by atoms with Crippen LogP contribution in [0.15, 0.2) is 72.9 Å². The van der Waals surface area contributed by atoms with E-state index in [2.05, 4.69) is 86.8 Å². The van der Waals surface area contributed by atoms with Crippen molar-refractivity contribution in [1.29, 1.82) is 0 Å². The molecule has 0 rings (SSSR count). The van der Waals surface area contributed by atoms with E-state index in [1.807, 2.05) is 21.1 Å². The Kier molecular flexibility index (Phi) is 60.0. The van der Waals surface area contributed by atoms with Crippen molar-refractivity contribution < 1.29 is 42.1 Å². The van der Waals surface area contributed by atoms with E-state index in [0.29, 0.717) is 17.4 Å². The highest BCUT2D eigenvalue weighted by Gasteiger charge is 2.22. The molecule has 2 atom stereocenters. The summed E-state index contributed by atoms with van der Waals surface area (Å²) in [4.78, 5) is 37.9. The van der Waals surface area contributed by atoms with Crippen molar-refractivity contribution in [2.75, 3.05) is 47.5 Å². The van der Waals surface area contributed by atoms with Crippen LogP contribution in [0.2, 0.25) is 0 Å². The summed E-state index contributed by atoms with van der Waals surface area (Å²) in [6.07, 6.45) is 82.8. The predicted octanol–water partition coefficient (Wildman–Crippen LogP) is 21.4. The maximum atomic E-state index is 12.8. The van der Waals surface area contributed by atoms with Crippen molar-refractivity contribution in [2.24, 2.45) is 0 Å². The van der Waals surface area contributed by atoms with Crippen molar-refractivity contribution in [1.82, 2.24) is 0 Å². The topological polar surface area (TPSA) is 111 Å². The van der Waals surface area contributed by atoms with E-state index < -0.39 is 26.5 Å². The molecule has 9 nitrogen and oxygen atoms in total. The Morgan fingerprint density at radius 2 is 0.704 bits per heavy atom. The highest BCUT2D eigenvalue weighted by molar-refractivity contribution is 7.45. The normalized spacial score (nSPS) is 13.6. The number of carbonyl (C=O) groups excluding carboxylic acids is 2. The Balaban J connectivity index is 3.89. The van der Waals surface area contributed by atoms with E-state index in [-0.39, 0.29) is 32.0 Å². The van der Waals surface area contributed by atoms with E-state index in [1.54, 1.807) is 0 Å². The third-order valence-corrected chi connectivity index (χ3v) is 15.9. The Morgan fingerprint density at radius 3 is 1.06 bits per heavy atom. The van der Waals surface area contributed by atoms with Gasteiger partial charge in [-0.1, -0.05) is 292 Å². The Morgan fingerprint density at radius 1 is 0.395 bits per heavy atom. The lowest BCUT2D eigenvalue weighted by Gasteiger charge is -2.28. The molecule has 0 aliphatic rings. The lowest BCUT2D eigenvalue weighted by Crippen LogP contribution is -2.37. The van der Waals surface area contributed by atoms with Crippen molar-refractivity contribution >= 4 is 19.8 Å². The van der Waals surface area contributed by atoms with Crippen LogP contribution >= 0.6 is 7.82 Å². The highest BCUT2D eigenvalue weighted by atomic mass is 31.2. The van der Waals surface area contributed by atoms with Crippen LogP contribution in [0.5, 0.6) is 0 Å². The molecule has 2 unspecified atom stereocenters. The standard InChI is InChI=1S/C71H130NO8P/c1-6-8-10-12-14-16-18-20-22-24-25-26-27-28-29-30-31-32-33-34-35-36-37-38-39-40-41-42-43-44-45-46-47-48-50-52-54-56-58-60-62-64-71(74)80-69(68-79-81(75,76)78-66-65-72(3,4)5)67-77-70(73)63-61-59-57-55-53-51-49-23-21-19-17-15-13-11-9-7-2/h8,10,14,16,20,22-23,25-26,28-29,49,69H,6-7,9,11-13,15,17-19,21,24,27,30-48,50-68H2,1-5H3/b10-8-,16-14-,22-20-,26-25-,29-28-,49-23-. The first-order valence-corrected chi connectivity index (χ1v) is 35.6. The van der Waals surface area contributed by atoms with Gasteiger partial charge in [0.15, 0.2) is 6.10 Å². The maximum Gasteiger partial charge on any atom is 0.306 e. The molecule has 0 aromatic rings. The molecule has 0 saturated heterocycles. The number of allylic oxidation sites excluding steroid dienone is 12. The van der Waals surface area contributed by atoms with Crippen LogP contribution in [0.1, 0.15) is 316 Å². The fourth-order valence-electron chi connectivity index (χ4n) is 9.74. The molecular formula is C71H130NO8P. The number of hydrogen-bond donors (Lipinski definition) is 0. The number of ether oxygens (including phenoxy) is 2. The largest absolute Gasteiger partial charge is 0.756 e. The molecule has 0 aromatic carbocycles. The monoisotopic (exact) mass is 1160 g/mol. The first-order valence-electron chi connectivity index (χ1n) is 34.1. The highest BCUT2D eigenvalue weighted by Crippen LogP contribution is 2.38. The van der Waals surface area contributed by atoms with Gasteiger partial charge in [-0.2, -0.15) is 0 Å². The third-order valence-electron chi connectivity index (χ3n) is 15.0. The average molecular weight is 1160 g/mol. The summed E-state index contributed by atoms with van der Waals surface area (Å²) in [5.41, 5.74) is 0. The summed E-state index contributed by atoms with van der Waals surface area (Å²) in [5, 5.41) is 0. The fraction of sp³-hybridized carbons (Fsp3) is 0.803. The predicted molar refractivity (Wildman–Crippen MR) is 346 cm³/mol. The fourth-order valence-corrected chi connectivity index (χ4v) is 10.5. The number of rotatable bonds is 63. The van der Waals surface area contributed by atoms with E-state index in [4.69, 9.17) is 18.5 Å². The number of phosphoric ester groups is 1. The summed E-state index contributed by atoms with van der Waals surface area (Å²) in [5.74, 6) is -0.830. The zero-order chi connectivity index (χ0) is 59.1. The minimum Gasteiger partial charge on any atom is -0.756 e. The number of unbranched alkanes of at least 4 members (excludes halogenated alkanes) is 37. The van der Waals surface area contributed by atoms with Crippen molar-refractivity contribution in [2.45, 2.75) is 322 Å². The van der Waals surface area contributed by atoms with Gasteiger partial charge in [0.2, 0.25) is 0 Å². The molecule has 0 N–H and O–H groups in total. The van der Waals surface area contributed by atoms with Gasteiger partial charge >= 0.3 is 11.9 Å². The zero-order valence-corrected chi connectivity index (χ0v) is 54.6. The van der Waals surface area contributed by atoms with Crippen LogP contribution in [-0.4, -0.2) is 70.0 Å². The molecule has 10 heteroatoms. The molecule has 81 heavy (non-hydrogen) atoms. The summed E-state index contributed by atoms with van der Waals surface area (Å²) >= 11 is 0. The van der Waals surface area contributed by atoms with Gasteiger partial charge in [0.25, 0.3) is 7.82 Å². The zero-order valence-electron chi connectivity index (χ0n) is 53.7. The van der Waals surface area contributed by atoms with Crippen molar-refractivity contribution in [3.8, 4) is 0 Å². The van der Waals surface area contributed by atoms with Gasteiger partial charge in [0, 0.05) is 12.8 Å². The van der Waals surface area contributed by atoms with Gasteiger partial charge in [-0.05, 0) is 83.5 Å². The summed E-state index contributed by atoms with van der Waals surface area (Å²) in [6, 6.07) is 0. The van der Waals surface area contributed by atoms with Crippen LogP contribution in [0.25, 0.3) is 0 Å². The number of likely N-dealkylation sites (N-methyl/N-ethyl adjacent to an activating group) is 1. The van der Waals surface area contributed by atoms with Gasteiger partial charge in [-0.3, -0.25) is 14.2 Å². The van der Waals surface area contributed by atoms with Gasteiger partial charge in [-0.15, -0.1) is 0 Å². The molecule has 0 radical (unpaired) electrons. The second-order valence-corrected chi connectivity index (χ2v) is 25.6. The van der Waals surface area contributed by atoms with Gasteiger partial charge in [0.1, 0.15) is 19.8 Å². The third kappa shape index (κ3) is 66.5. The van der Waals surface area contributed by atoms with Gasteiger partial charge in [0.05, 0.1) is 27.7 Å². The first-order chi connectivity index (χ1) is 39.5. The molecule has 0 saturated carbocycles. The Labute approximate surface area is 501 Å². The minimum atomic E-state index is -4.64. The molecule has 0 fully saturated rings. The number of phosphoric acid groups is 1. The quantitative estimate of drug-likeness (QED) is 0.0195. The van der Waals surface area contributed by atoms with Crippen LogP contribution < -0.4 is 4.89 Å². The van der Waals surface area contributed by atoms with Crippen molar-refractivity contribution in [3.05, 3.63) is 72.9 Å². The second kappa shape index (κ2) is 62.0.